The predicted octanol–water partition coefficient (Wildman–Crippen LogP) is 1.63. The smallest absolute Gasteiger partial charge is 0.0667 e. The van der Waals surface area contributed by atoms with Crippen LogP contribution in [0.3, 0.4) is 0 Å². The summed E-state index contributed by atoms with van der Waals surface area (Å²) >= 11 is 0. The Labute approximate surface area is 75.6 Å². The van der Waals surface area contributed by atoms with Crippen LogP contribution in [0, 0.1) is 0 Å². The number of aliphatic hydroxyl groups excluding tert-OH is 1. The zero-order valence-corrected chi connectivity index (χ0v) is 8.29. The standard InChI is InChI=1S/C10H21NO/c1-3-9(4-2)11-7-5-6-10(12)8-11/h9-10,12H,3-8H2,1-2H3/t10-/m0/s1. The number of β-amino-alcohol motifs (C(OH)–C–C–N with tert-alkyl or cyclic N) is 1. The minimum Gasteiger partial charge on any atom is -0.392 e. The first kappa shape index (κ1) is 10.0. The number of hydrogen-bond acceptors (Lipinski definition) is 2. The van der Waals surface area contributed by atoms with Crippen molar-refractivity contribution in [1.82, 2.24) is 4.90 Å². The van der Waals surface area contributed by atoms with Gasteiger partial charge in [0.15, 0.2) is 0 Å². The molecule has 0 aliphatic carbocycles. The van der Waals surface area contributed by atoms with E-state index in [1.54, 1.807) is 0 Å². The highest BCUT2D eigenvalue weighted by Crippen LogP contribution is 2.16. The fraction of sp³-hybridized carbons (Fsp3) is 1.00. The van der Waals surface area contributed by atoms with E-state index in [2.05, 4.69) is 18.7 Å². The van der Waals surface area contributed by atoms with Crippen LogP contribution >= 0.6 is 0 Å². The summed E-state index contributed by atoms with van der Waals surface area (Å²) in [6, 6.07) is 0.694. The number of rotatable bonds is 3. The third kappa shape index (κ3) is 2.46. The van der Waals surface area contributed by atoms with E-state index >= 15 is 0 Å². The third-order valence-corrected chi connectivity index (χ3v) is 2.89. The molecule has 0 amide bonds. The number of nitrogens with zero attached hydrogens (tertiary/aromatic N) is 1. The molecule has 0 radical (unpaired) electrons. The molecule has 0 aromatic carbocycles. The van der Waals surface area contributed by atoms with E-state index in [0.29, 0.717) is 6.04 Å². The Morgan fingerprint density at radius 1 is 1.42 bits per heavy atom. The number of likely N-dealkylation sites (tertiary alicyclic amines) is 1. The van der Waals surface area contributed by atoms with Crippen LogP contribution < -0.4 is 0 Å². The summed E-state index contributed by atoms with van der Waals surface area (Å²) in [6.45, 7) is 6.54. The summed E-state index contributed by atoms with van der Waals surface area (Å²) in [5.41, 5.74) is 0. The first-order valence-electron chi connectivity index (χ1n) is 5.20. The lowest BCUT2D eigenvalue weighted by molar-refractivity contribution is 0.0442. The zero-order valence-electron chi connectivity index (χ0n) is 8.29. The van der Waals surface area contributed by atoms with E-state index in [0.717, 1.165) is 19.4 Å². The van der Waals surface area contributed by atoms with Crippen LogP contribution in [-0.4, -0.2) is 35.2 Å². The lowest BCUT2D eigenvalue weighted by Gasteiger charge is -2.35. The molecule has 2 heteroatoms. The number of hydrogen-bond donors (Lipinski definition) is 1. The Hall–Kier alpha value is -0.0800. The van der Waals surface area contributed by atoms with Gasteiger partial charge in [-0.3, -0.25) is 4.90 Å². The highest BCUT2D eigenvalue weighted by atomic mass is 16.3. The normalized spacial score (nSPS) is 26.5. The minimum atomic E-state index is -0.0700. The summed E-state index contributed by atoms with van der Waals surface area (Å²) < 4.78 is 0. The molecule has 1 rings (SSSR count). The second-order valence-corrected chi connectivity index (χ2v) is 3.76. The summed E-state index contributed by atoms with van der Waals surface area (Å²) in [4.78, 5) is 2.44. The molecule has 0 aromatic rings. The van der Waals surface area contributed by atoms with Crippen LogP contribution in [-0.2, 0) is 0 Å². The quantitative estimate of drug-likeness (QED) is 0.697. The van der Waals surface area contributed by atoms with E-state index in [1.165, 1.54) is 19.4 Å². The molecule has 12 heavy (non-hydrogen) atoms. The molecule has 1 atom stereocenters. The lowest BCUT2D eigenvalue weighted by Crippen LogP contribution is -2.44. The first-order chi connectivity index (χ1) is 5.77. The molecule has 1 saturated heterocycles. The first-order valence-corrected chi connectivity index (χ1v) is 5.20. The highest BCUT2D eigenvalue weighted by Gasteiger charge is 2.22. The van der Waals surface area contributed by atoms with Crippen molar-refractivity contribution in [1.29, 1.82) is 0 Å². The number of piperidine rings is 1. The fourth-order valence-electron chi connectivity index (χ4n) is 2.12. The minimum absolute atomic E-state index is 0.0700. The molecule has 1 aliphatic heterocycles. The van der Waals surface area contributed by atoms with E-state index in [9.17, 15) is 5.11 Å². The third-order valence-electron chi connectivity index (χ3n) is 2.89. The van der Waals surface area contributed by atoms with Crippen LogP contribution in [0.25, 0.3) is 0 Å². The molecule has 0 spiro atoms. The maximum Gasteiger partial charge on any atom is 0.0667 e. The van der Waals surface area contributed by atoms with Gasteiger partial charge in [0, 0.05) is 12.6 Å². The summed E-state index contributed by atoms with van der Waals surface area (Å²) in [5.74, 6) is 0. The Bertz CT molecular complexity index is 123. The van der Waals surface area contributed by atoms with Gasteiger partial charge in [-0.1, -0.05) is 13.8 Å². The second-order valence-electron chi connectivity index (χ2n) is 3.76. The molecule has 1 aliphatic rings. The zero-order chi connectivity index (χ0) is 8.97. The molecule has 1 fully saturated rings. The Morgan fingerprint density at radius 3 is 2.58 bits per heavy atom. The molecule has 0 bridgehead atoms. The topological polar surface area (TPSA) is 23.5 Å². The summed E-state index contributed by atoms with van der Waals surface area (Å²) in [7, 11) is 0. The van der Waals surface area contributed by atoms with Gasteiger partial charge in [0.1, 0.15) is 0 Å². The molecular formula is C10H21NO. The van der Waals surface area contributed by atoms with Gasteiger partial charge in [0.2, 0.25) is 0 Å². The maximum absolute atomic E-state index is 9.48. The van der Waals surface area contributed by atoms with Crippen LogP contribution in [0.15, 0.2) is 0 Å². The van der Waals surface area contributed by atoms with Gasteiger partial charge < -0.3 is 5.11 Å². The van der Waals surface area contributed by atoms with E-state index in [4.69, 9.17) is 0 Å². The Balaban J connectivity index is 2.38. The molecule has 0 saturated carbocycles. The van der Waals surface area contributed by atoms with Gasteiger partial charge in [-0.15, -0.1) is 0 Å². The van der Waals surface area contributed by atoms with Gasteiger partial charge in [-0.05, 0) is 32.2 Å². The highest BCUT2D eigenvalue weighted by molar-refractivity contribution is 4.77. The van der Waals surface area contributed by atoms with Gasteiger partial charge in [0.05, 0.1) is 6.10 Å². The largest absolute Gasteiger partial charge is 0.392 e. The second kappa shape index (κ2) is 4.83. The predicted molar refractivity (Wildman–Crippen MR) is 51.2 cm³/mol. The SMILES string of the molecule is CCC(CC)N1CCC[C@H](O)C1. The monoisotopic (exact) mass is 171 g/mol. The molecule has 1 heterocycles. The van der Waals surface area contributed by atoms with Crippen molar-refractivity contribution in [2.24, 2.45) is 0 Å². The van der Waals surface area contributed by atoms with Crippen LogP contribution in [0.1, 0.15) is 39.5 Å². The van der Waals surface area contributed by atoms with Gasteiger partial charge in [-0.2, -0.15) is 0 Å². The van der Waals surface area contributed by atoms with E-state index < -0.39 is 0 Å². The van der Waals surface area contributed by atoms with Crippen LogP contribution in [0.4, 0.5) is 0 Å². The molecule has 0 aromatic heterocycles. The van der Waals surface area contributed by atoms with Crippen LogP contribution in [0.2, 0.25) is 0 Å². The van der Waals surface area contributed by atoms with Crippen molar-refractivity contribution in [3.05, 3.63) is 0 Å². The summed E-state index contributed by atoms with van der Waals surface area (Å²) in [5, 5.41) is 9.48. The van der Waals surface area contributed by atoms with Crippen LogP contribution in [0.5, 0.6) is 0 Å². The van der Waals surface area contributed by atoms with E-state index in [1.807, 2.05) is 0 Å². The van der Waals surface area contributed by atoms with Gasteiger partial charge in [0.25, 0.3) is 0 Å². The Kier molecular flexibility index (Phi) is 4.02. The van der Waals surface area contributed by atoms with E-state index in [-0.39, 0.29) is 6.10 Å². The maximum atomic E-state index is 9.48. The van der Waals surface area contributed by atoms with Gasteiger partial charge in [-0.25, -0.2) is 0 Å². The van der Waals surface area contributed by atoms with Crippen molar-refractivity contribution in [2.45, 2.75) is 51.7 Å². The van der Waals surface area contributed by atoms with Gasteiger partial charge >= 0.3 is 0 Å². The Morgan fingerprint density at radius 2 is 2.08 bits per heavy atom. The van der Waals surface area contributed by atoms with Crippen molar-refractivity contribution in [2.75, 3.05) is 13.1 Å². The molecular weight excluding hydrogens is 150 g/mol. The number of aliphatic hydroxyl groups is 1. The fourth-order valence-corrected chi connectivity index (χ4v) is 2.12. The van der Waals surface area contributed by atoms with Crippen molar-refractivity contribution < 1.29 is 5.11 Å². The van der Waals surface area contributed by atoms with Crippen molar-refractivity contribution in [3.8, 4) is 0 Å². The molecule has 0 unspecified atom stereocenters. The average Bonchev–Trinajstić information content (AvgIpc) is 2.07. The molecule has 2 nitrogen and oxygen atoms in total. The summed E-state index contributed by atoms with van der Waals surface area (Å²) in [6.07, 6.45) is 4.51. The average molecular weight is 171 g/mol. The lowest BCUT2D eigenvalue weighted by atomic mass is 10.0. The van der Waals surface area contributed by atoms with Crippen molar-refractivity contribution in [3.63, 3.8) is 0 Å². The molecule has 1 N–H and O–H groups in total. The van der Waals surface area contributed by atoms with Crippen molar-refractivity contribution >= 4 is 0 Å². The molecule has 72 valence electrons.